The number of carbonyl (C=O) groups excluding carboxylic acids is 1. The standard InChI is InChI=1S/C12H9F4N3O/c1-19-5-4-10(18-19)17-11(20)7-2-3-9(13)8(6-7)12(14,15)16/h2-6H,1H3,(H,17,18,20). The number of rotatable bonds is 2. The Bertz CT molecular complexity index is 648. The SMILES string of the molecule is Cn1ccc(NC(=O)c2ccc(F)c(C(F)(F)F)c2)n1. The summed E-state index contributed by atoms with van der Waals surface area (Å²) in [6.07, 6.45) is -3.30. The molecular weight excluding hydrogens is 278 g/mol. The normalized spacial score (nSPS) is 11.4. The highest BCUT2D eigenvalue weighted by molar-refractivity contribution is 6.03. The summed E-state index contributed by atoms with van der Waals surface area (Å²) >= 11 is 0. The van der Waals surface area contributed by atoms with Crippen molar-refractivity contribution in [2.24, 2.45) is 7.05 Å². The molecule has 0 aliphatic heterocycles. The first-order valence-corrected chi connectivity index (χ1v) is 5.45. The Labute approximate surface area is 111 Å². The zero-order valence-electron chi connectivity index (χ0n) is 10.2. The van der Waals surface area contributed by atoms with E-state index in [1.807, 2.05) is 0 Å². The third-order valence-electron chi connectivity index (χ3n) is 2.49. The average Bonchev–Trinajstić information content (AvgIpc) is 2.73. The molecule has 1 heterocycles. The van der Waals surface area contributed by atoms with Crippen LogP contribution in [0.4, 0.5) is 23.4 Å². The number of aromatic nitrogens is 2. The number of amides is 1. The summed E-state index contributed by atoms with van der Waals surface area (Å²) in [6, 6.07) is 3.53. The van der Waals surface area contributed by atoms with Crippen LogP contribution >= 0.6 is 0 Å². The highest BCUT2D eigenvalue weighted by Crippen LogP contribution is 2.31. The summed E-state index contributed by atoms with van der Waals surface area (Å²) in [5, 5.41) is 6.17. The molecule has 0 aliphatic rings. The molecule has 1 amide bonds. The van der Waals surface area contributed by atoms with E-state index in [9.17, 15) is 22.4 Å². The first-order valence-electron chi connectivity index (χ1n) is 5.45. The van der Waals surface area contributed by atoms with E-state index < -0.39 is 23.5 Å². The predicted octanol–water partition coefficient (Wildman–Crippen LogP) is 2.83. The van der Waals surface area contributed by atoms with Gasteiger partial charge in [-0.3, -0.25) is 9.48 Å². The number of halogens is 4. The van der Waals surface area contributed by atoms with Crippen LogP contribution in [-0.2, 0) is 13.2 Å². The maximum Gasteiger partial charge on any atom is 0.419 e. The molecule has 0 radical (unpaired) electrons. The number of hydrogen-bond acceptors (Lipinski definition) is 2. The number of benzene rings is 1. The van der Waals surface area contributed by atoms with Gasteiger partial charge in [0, 0.05) is 24.9 Å². The second-order valence-electron chi connectivity index (χ2n) is 4.02. The van der Waals surface area contributed by atoms with Gasteiger partial charge in [0.2, 0.25) is 0 Å². The molecule has 4 nitrogen and oxygen atoms in total. The van der Waals surface area contributed by atoms with Gasteiger partial charge in [0.15, 0.2) is 5.82 Å². The lowest BCUT2D eigenvalue weighted by Gasteiger charge is -2.09. The molecule has 106 valence electrons. The molecule has 2 aromatic rings. The van der Waals surface area contributed by atoms with Crippen molar-refractivity contribution in [2.75, 3.05) is 5.32 Å². The van der Waals surface area contributed by atoms with Gasteiger partial charge in [-0.2, -0.15) is 18.3 Å². The highest BCUT2D eigenvalue weighted by Gasteiger charge is 2.34. The molecule has 0 fully saturated rings. The first-order chi connectivity index (χ1) is 9.27. The number of nitrogens with one attached hydrogen (secondary N) is 1. The zero-order valence-corrected chi connectivity index (χ0v) is 10.2. The minimum absolute atomic E-state index is 0.190. The van der Waals surface area contributed by atoms with E-state index in [2.05, 4.69) is 10.4 Å². The van der Waals surface area contributed by atoms with Gasteiger partial charge in [0.1, 0.15) is 5.82 Å². The predicted molar refractivity (Wildman–Crippen MR) is 62.6 cm³/mol. The Kier molecular flexibility index (Phi) is 3.47. The lowest BCUT2D eigenvalue weighted by Crippen LogP contribution is -2.15. The van der Waals surface area contributed by atoms with E-state index in [1.54, 1.807) is 13.2 Å². The summed E-state index contributed by atoms with van der Waals surface area (Å²) in [6.45, 7) is 0. The number of alkyl halides is 3. The molecule has 0 spiro atoms. The lowest BCUT2D eigenvalue weighted by atomic mass is 10.1. The number of anilines is 1. The van der Waals surface area contributed by atoms with E-state index in [-0.39, 0.29) is 11.4 Å². The molecular formula is C12H9F4N3O. The fraction of sp³-hybridized carbons (Fsp3) is 0.167. The van der Waals surface area contributed by atoms with Gasteiger partial charge in [-0.25, -0.2) is 4.39 Å². The molecule has 2 rings (SSSR count). The van der Waals surface area contributed by atoms with Crippen LogP contribution in [0, 0.1) is 5.82 Å². The van der Waals surface area contributed by atoms with E-state index in [4.69, 9.17) is 0 Å². The second-order valence-corrected chi connectivity index (χ2v) is 4.02. The monoisotopic (exact) mass is 287 g/mol. The zero-order chi connectivity index (χ0) is 14.9. The van der Waals surface area contributed by atoms with E-state index in [0.717, 1.165) is 6.07 Å². The largest absolute Gasteiger partial charge is 0.419 e. The average molecular weight is 287 g/mol. The number of carbonyl (C=O) groups is 1. The van der Waals surface area contributed by atoms with Gasteiger partial charge < -0.3 is 5.32 Å². The van der Waals surface area contributed by atoms with Crippen molar-refractivity contribution in [1.82, 2.24) is 9.78 Å². The van der Waals surface area contributed by atoms with Crippen molar-refractivity contribution in [3.63, 3.8) is 0 Å². The van der Waals surface area contributed by atoms with Crippen LogP contribution in [0.15, 0.2) is 30.5 Å². The molecule has 0 unspecified atom stereocenters. The maximum atomic E-state index is 13.1. The maximum absolute atomic E-state index is 13.1. The van der Waals surface area contributed by atoms with Crippen molar-refractivity contribution in [3.05, 3.63) is 47.4 Å². The number of hydrogen-bond donors (Lipinski definition) is 1. The molecule has 1 aromatic heterocycles. The second kappa shape index (κ2) is 4.95. The van der Waals surface area contributed by atoms with Crippen LogP contribution in [0.3, 0.4) is 0 Å². The summed E-state index contributed by atoms with van der Waals surface area (Å²) in [5.41, 5.74) is -1.78. The van der Waals surface area contributed by atoms with Gasteiger partial charge >= 0.3 is 6.18 Å². The van der Waals surface area contributed by atoms with Crippen LogP contribution in [0.2, 0.25) is 0 Å². The minimum atomic E-state index is -4.86. The van der Waals surface area contributed by atoms with E-state index in [1.165, 1.54) is 10.7 Å². The Morgan fingerprint density at radius 2 is 2.00 bits per heavy atom. The third-order valence-corrected chi connectivity index (χ3v) is 2.49. The molecule has 8 heteroatoms. The summed E-state index contributed by atoms with van der Waals surface area (Å²) < 4.78 is 52.1. The summed E-state index contributed by atoms with van der Waals surface area (Å²) in [4.78, 5) is 11.8. The smallest absolute Gasteiger partial charge is 0.305 e. The van der Waals surface area contributed by atoms with Gasteiger partial charge in [-0.05, 0) is 18.2 Å². The fourth-order valence-electron chi connectivity index (χ4n) is 1.55. The van der Waals surface area contributed by atoms with Gasteiger partial charge in [-0.1, -0.05) is 0 Å². The van der Waals surface area contributed by atoms with Crippen molar-refractivity contribution in [1.29, 1.82) is 0 Å². The third kappa shape index (κ3) is 2.95. The van der Waals surface area contributed by atoms with E-state index >= 15 is 0 Å². The molecule has 1 aromatic carbocycles. The molecule has 1 N–H and O–H groups in total. The van der Waals surface area contributed by atoms with Crippen molar-refractivity contribution in [3.8, 4) is 0 Å². The molecule has 0 saturated carbocycles. The van der Waals surface area contributed by atoms with Crippen molar-refractivity contribution in [2.45, 2.75) is 6.18 Å². The van der Waals surface area contributed by atoms with Crippen LogP contribution < -0.4 is 5.32 Å². The molecule has 0 saturated heterocycles. The summed E-state index contributed by atoms with van der Waals surface area (Å²) in [5.74, 6) is -2.03. The topological polar surface area (TPSA) is 46.9 Å². The first kappa shape index (κ1) is 14.0. The molecule has 0 bridgehead atoms. The van der Waals surface area contributed by atoms with Crippen LogP contribution in [0.1, 0.15) is 15.9 Å². The van der Waals surface area contributed by atoms with Gasteiger partial charge in [0.05, 0.1) is 5.56 Å². The Morgan fingerprint density at radius 1 is 1.30 bits per heavy atom. The van der Waals surface area contributed by atoms with Crippen molar-refractivity contribution < 1.29 is 22.4 Å². The molecule has 0 atom stereocenters. The fourth-order valence-corrected chi connectivity index (χ4v) is 1.55. The molecule has 20 heavy (non-hydrogen) atoms. The van der Waals surface area contributed by atoms with Crippen LogP contribution in [0.25, 0.3) is 0 Å². The minimum Gasteiger partial charge on any atom is -0.305 e. The van der Waals surface area contributed by atoms with Gasteiger partial charge in [-0.15, -0.1) is 0 Å². The Morgan fingerprint density at radius 3 is 2.55 bits per heavy atom. The number of nitrogens with zero attached hydrogens (tertiary/aromatic N) is 2. The van der Waals surface area contributed by atoms with Crippen LogP contribution in [-0.4, -0.2) is 15.7 Å². The summed E-state index contributed by atoms with van der Waals surface area (Å²) in [7, 11) is 1.62. The highest BCUT2D eigenvalue weighted by atomic mass is 19.4. The Balaban J connectivity index is 2.27. The Hall–Kier alpha value is -2.38. The quantitative estimate of drug-likeness (QED) is 0.863. The van der Waals surface area contributed by atoms with Crippen LogP contribution in [0.5, 0.6) is 0 Å². The van der Waals surface area contributed by atoms with Crippen molar-refractivity contribution >= 4 is 11.7 Å². The van der Waals surface area contributed by atoms with Gasteiger partial charge in [0.25, 0.3) is 5.91 Å². The lowest BCUT2D eigenvalue weighted by molar-refractivity contribution is -0.140. The van der Waals surface area contributed by atoms with E-state index in [0.29, 0.717) is 12.1 Å². The molecule has 0 aliphatic carbocycles. The number of aryl methyl sites for hydroxylation is 1.